The van der Waals surface area contributed by atoms with E-state index in [0.29, 0.717) is 0 Å². The van der Waals surface area contributed by atoms with Crippen LogP contribution in [0.15, 0.2) is 5.16 Å². The first-order valence-corrected chi connectivity index (χ1v) is 1.44. The van der Waals surface area contributed by atoms with Crippen LogP contribution in [0.4, 0.5) is 0 Å². The molecule has 0 aromatic carbocycles. The van der Waals surface area contributed by atoms with Gasteiger partial charge < -0.3 is 10.3 Å². The van der Waals surface area contributed by atoms with E-state index in [1.165, 1.54) is 0 Å². The fourth-order valence-electron chi connectivity index (χ4n) is 0. The fraction of sp³-hybridized carbons (Fsp3) is 0.333. The van der Waals surface area contributed by atoms with Gasteiger partial charge in [-0.3, -0.25) is 4.79 Å². The smallest absolute Gasteiger partial charge is 0.300 e. The highest BCUT2D eigenvalue weighted by molar-refractivity contribution is 5.62. The summed E-state index contributed by atoms with van der Waals surface area (Å²) in [6.45, 7) is 3.75. The summed E-state index contributed by atoms with van der Waals surface area (Å²) in [5, 5.41) is 16.8. The number of carboxylic acid groups (broad SMARTS) is 1. The second kappa shape index (κ2) is 8.87. The molecule has 4 heteroatoms. The molecule has 0 aromatic heterocycles. The van der Waals surface area contributed by atoms with E-state index in [4.69, 9.17) is 15.1 Å². The molecule has 0 unspecified atom stereocenters. The monoisotopic (exact) mass is 105 g/mol. The Morgan fingerprint density at radius 2 is 1.86 bits per heavy atom. The van der Waals surface area contributed by atoms with E-state index in [9.17, 15) is 0 Å². The number of rotatable bonds is 0. The van der Waals surface area contributed by atoms with E-state index < -0.39 is 5.97 Å². The van der Waals surface area contributed by atoms with Crippen LogP contribution < -0.4 is 0 Å². The molecular formula is C3H7NO3. The highest BCUT2D eigenvalue weighted by Gasteiger charge is 1.65. The summed E-state index contributed by atoms with van der Waals surface area (Å²) in [6, 6.07) is 0. The lowest BCUT2D eigenvalue weighted by Gasteiger charge is -1.59. The largest absolute Gasteiger partial charge is 0.481 e. The van der Waals surface area contributed by atoms with Gasteiger partial charge >= 0.3 is 0 Å². The Morgan fingerprint density at radius 3 is 1.86 bits per heavy atom. The van der Waals surface area contributed by atoms with Crippen LogP contribution >= 0.6 is 0 Å². The van der Waals surface area contributed by atoms with Crippen LogP contribution in [0.25, 0.3) is 0 Å². The summed E-state index contributed by atoms with van der Waals surface area (Å²) in [5.41, 5.74) is 0. The van der Waals surface area contributed by atoms with Gasteiger partial charge in [0.15, 0.2) is 0 Å². The van der Waals surface area contributed by atoms with Crippen molar-refractivity contribution in [3.63, 3.8) is 0 Å². The van der Waals surface area contributed by atoms with Crippen molar-refractivity contribution < 1.29 is 15.1 Å². The Bertz CT molecular complexity index is 57.2. The Morgan fingerprint density at radius 1 is 1.86 bits per heavy atom. The maximum absolute atomic E-state index is 9.00. The quantitative estimate of drug-likeness (QED) is 0.262. The van der Waals surface area contributed by atoms with E-state index in [1.807, 2.05) is 0 Å². The van der Waals surface area contributed by atoms with Crippen LogP contribution in [0.3, 0.4) is 0 Å². The predicted octanol–water partition coefficient (Wildman–Crippen LogP) is 0.167. The summed E-state index contributed by atoms with van der Waals surface area (Å²) in [4.78, 5) is 9.00. The Balaban J connectivity index is 0. The number of carbonyl (C=O) groups is 1. The average molecular weight is 105 g/mol. The van der Waals surface area contributed by atoms with Crippen molar-refractivity contribution in [2.75, 3.05) is 0 Å². The topological polar surface area (TPSA) is 69.9 Å². The molecule has 0 atom stereocenters. The molecule has 0 aliphatic rings. The first-order valence-electron chi connectivity index (χ1n) is 1.44. The van der Waals surface area contributed by atoms with Crippen LogP contribution in [0, 0.1) is 0 Å². The van der Waals surface area contributed by atoms with Gasteiger partial charge in [0.2, 0.25) is 0 Å². The first-order chi connectivity index (χ1) is 3.15. The van der Waals surface area contributed by atoms with Gasteiger partial charge in [-0.1, -0.05) is 0 Å². The summed E-state index contributed by atoms with van der Waals surface area (Å²) in [6.07, 6.45) is 0. The molecule has 0 heterocycles. The van der Waals surface area contributed by atoms with Crippen molar-refractivity contribution in [2.24, 2.45) is 5.16 Å². The van der Waals surface area contributed by atoms with Crippen molar-refractivity contribution in [1.29, 1.82) is 0 Å². The summed E-state index contributed by atoms with van der Waals surface area (Å²) in [5.74, 6) is -0.833. The number of nitrogens with zero attached hydrogens (tertiary/aromatic N) is 1. The predicted molar refractivity (Wildman–Crippen MR) is 24.6 cm³/mol. The maximum atomic E-state index is 9.00. The minimum atomic E-state index is -0.833. The molecule has 0 fully saturated rings. The van der Waals surface area contributed by atoms with E-state index in [2.05, 4.69) is 11.9 Å². The number of aliphatic carboxylic acids is 1. The van der Waals surface area contributed by atoms with Gasteiger partial charge in [-0.25, -0.2) is 0 Å². The van der Waals surface area contributed by atoms with E-state index in [1.54, 1.807) is 0 Å². The lowest BCUT2D eigenvalue weighted by atomic mass is 10.9. The summed E-state index contributed by atoms with van der Waals surface area (Å²) >= 11 is 0. The van der Waals surface area contributed by atoms with Crippen LogP contribution in [-0.4, -0.2) is 23.0 Å². The van der Waals surface area contributed by atoms with Crippen LogP contribution in [0.1, 0.15) is 6.92 Å². The van der Waals surface area contributed by atoms with Crippen molar-refractivity contribution in [3.05, 3.63) is 0 Å². The highest BCUT2D eigenvalue weighted by Crippen LogP contribution is 1.42. The molecule has 0 saturated heterocycles. The Kier molecular flexibility index (Phi) is 11.8. The van der Waals surface area contributed by atoms with Gasteiger partial charge in [0.25, 0.3) is 5.97 Å². The number of hydrogen-bond acceptors (Lipinski definition) is 3. The standard InChI is InChI=1S/C2H4O2.CH3NO/c1-2(3)4;1-2-3/h1H3,(H,3,4);3H,1H2. The molecule has 0 aliphatic carbocycles. The normalized spacial score (nSPS) is 5.29. The molecule has 0 amide bonds. The molecule has 42 valence electrons. The van der Waals surface area contributed by atoms with E-state index in [-0.39, 0.29) is 0 Å². The van der Waals surface area contributed by atoms with Gasteiger partial charge in [-0.2, -0.15) is 0 Å². The minimum absolute atomic E-state index is 0.833. The van der Waals surface area contributed by atoms with Crippen molar-refractivity contribution in [1.82, 2.24) is 0 Å². The Labute approximate surface area is 41.1 Å². The molecule has 7 heavy (non-hydrogen) atoms. The van der Waals surface area contributed by atoms with Crippen molar-refractivity contribution in [3.8, 4) is 0 Å². The summed E-state index contributed by atoms with van der Waals surface area (Å²) in [7, 11) is 0. The molecule has 0 saturated carbocycles. The van der Waals surface area contributed by atoms with Crippen molar-refractivity contribution in [2.45, 2.75) is 6.92 Å². The third-order valence-electron chi connectivity index (χ3n) is 0. The second-order valence-corrected chi connectivity index (χ2v) is 0.660. The lowest BCUT2D eigenvalue weighted by molar-refractivity contribution is -0.134. The molecule has 0 radical (unpaired) electrons. The molecule has 0 bridgehead atoms. The van der Waals surface area contributed by atoms with Gasteiger partial charge in [-0.05, 0) is 0 Å². The summed E-state index contributed by atoms with van der Waals surface area (Å²) < 4.78 is 0. The molecule has 0 aromatic rings. The average Bonchev–Trinajstić information content (AvgIpc) is 1.33. The SMILES string of the molecule is C=NO.CC(=O)O. The van der Waals surface area contributed by atoms with E-state index in [0.717, 1.165) is 6.92 Å². The zero-order chi connectivity index (χ0) is 6.28. The molecule has 0 rings (SSSR count). The van der Waals surface area contributed by atoms with Crippen LogP contribution in [0.5, 0.6) is 0 Å². The first kappa shape index (κ1) is 9.34. The van der Waals surface area contributed by atoms with Crippen molar-refractivity contribution >= 4 is 12.7 Å². The van der Waals surface area contributed by atoms with Gasteiger partial charge in [0, 0.05) is 13.6 Å². The van der Waals surface area contributed by atoms with Gasteiger partial charge in [-0.15, -0.1) is 5.16 Å². The van der Waals surface area contributed by atoms with Gasteiger partial charge in [0.05, 0.1) is 0 Å². The lowest BCUT2D eigenvalue weighted by Crippen LogP contribution is -1.78. The third-order valence-corrected chi connectivity index (χ3v) is 0. The molecule has 2 N–H and O–H groups in total. The number of hydrogen-bond donors (Lipinski definition) is 2. The highest BCUT2D eigenvalue weighted by atomic mass is 16.4. The number of carboxylic acids is 1. The zero-order valence-corrected chi connectivity index (χ0v) is 3.96. The second-order valence-electron chi connectivity index (χ2n) is 0.660. The maximum Gasteiger partial charge on any atom is 0.300 e. The fourth-order valence-corrected chi connectivity index (χ4v) is 0. The van der Waals surface area contributed by atoms with Gasteiger partial charge in [0.1, 0.15) is 0 Å². The van der Waals surface area contributed by atoms with Crippen LogP contribution in [0.2, 0.25) is 0 Å². The molecule has 0 spiro atoms. The Hall–Kier alpha value is -1.06. The molecule has 4 nitrogen and oxygen atoms in total. The molecule has 0 aliphatic heterocycles. The van der Waals surface area contributed by atoms with E-state index >= 15 is 0 Å². The third kappa shape index (κ3) is 38.0. The minimum Gasteiger partial charge on any atom is -0.481 e. The molecular weight excluding hydrogens is 98.0 g/mol. The zero-order valence-electron chi connectivity index (χ0n) is 3.96. The number of oxime groups is 1. The van der Waals surface area contributed by atoms with Crippen LogP contribution in [-0.2, 0) is 4.79 Å².